The summed E-state index contributed by atoms with van der Waals surface area (Å²) in [7, 11) is 0. The second-order valence-electron chi connectivity index (χ2n) is 5.40. The van der Waals surface area contributed by atoms with Crippen LogP contribution in [-0.2, 0) is 9.53 Å². The van der Waals surface area contributed by atoms with Crippen molar-refractivity contribution in [3.8, 4) is 0 Å². The largest absolute Gasteiger partial charge is 0.457 e. The summed E-state index contributed by atoms with van der Waals surface area (Å²) in [6.07, 6.45) is -0.157. The minimum atomic E-state index is -0.686. The normalized spacial score (nSPS) is 10.1. The number of nitro benzene ring substituents is 1. The monoisotopic (exact) mass is 374 g/mol. The molecule has 0 aliphatic heterocycles. The van der Waals surface area contributed by atoms with Crippen LogP contribution >= 0.6 is 0 Å². The van der Waals surface area contributed by atoms with E-state index < -0.39 is 35.0 Å². The van der Waals surface area contributed by atoms with Crippen LogP contribution in [0.4, 0.5) is 10.1 Å². The minimum absolute atomic E-state index is 0.0284. The van der Waals surface area contributed by atoms with Gasteiger partial charge in [-0.3, -0.25) is 24.5 Å². The topological polar surface area (TPSA) is 116 Å². The van der Waals surface area contributed by atoms with Crippen LogP contribution in [0.3, 0.4) is 0 Å². The summed E-state index contributed by atoms with van der Waals surface area (Å²) in [5, 5.41) is 13.0. The maximum atomic E-state index is 12.8. The molecule has 0 saturated heterocycles. The molecule has 2 aromatic rings. The number of hydrogen-bond acceptors (Lipinski definition) is 6. The fourth-order valence-corrected chi connectivity index (χ4v) is 2.05. The van der Waals surface area contributed by atoms with Crippen LogP contribution in [-0.4, -0.2) is 35.7 Å². The van der Waals surface area contributed by atoms with Crippen LogP contribution in [0.5, 0.6) is 0 Å². The van der Waals surface area contributed by atoms with E-state index in [1.807, 2.05) is 0 Å². The highest BCUT2D eigenvalue weighted by molar-refractivity contribution is 5.98. The van der Waals surface area contributed by atoms with E-state index in [4.69, 9.17) is 4.74 Å². The summed E-state index contributed by atoms with van der Waals surface area (Å²) < 4.78 is 17.6. The molecule has 0 spiro atoms. The van der Waals surface area contributed by atoms with Gasteiger partial charge in [0.1, 0.15) is 5.82 Å². The first-order valence-corrected chi connectivity index (χ1v) is 7.84. The van der Waals surface area contributed by atoms with Crippen LogP contribution in [0.2, 0.25) is 0 Å². The molecule has 140 valence electrons. The number of carbonyl (C=O) groups excluding carboxylic acids is 3. The molecule has 1 N–H and O–H groups in total. The van der Waals surface area contributed by atoms with E-state index >= 15 is 0 Å². The maximum absolute atomic E-state index is 12.8. The summed E-state index contributed by atoms with van der Waals surface area (Å²) in [5.41, 5.74) is 0.289. The van der Waals surface area contributed by atoms with Gasteiger partial charge in [-0.25, -0.2) is 4.39 Å². The molecule has 0 bridgehead atoms. The number of carbonyl (C=O) groups is 3. The highest BCUT2D eigenvalue weighted by atomic mass is 19.1. The number of esters is 1. The van der Waals surface area contributed by atoms with E-state index in [0.717, 1.165) is 12.1 Å². The lowest BCUT2D eigenvalue weighted by atomic mass is 10.1. The van der Waals surface area contributed by atoms with Crippen molar-refractivity contribution in [3.05, 3.63) is 75.6 Å². The molecule has 1 amide bonds. The smallest absolute Gasteiger partial charge is 0.308 e. The molecular formula is C18H15FN2O6. The Labute approximate surface area is 153 Å². The van der Waals surface area contributed by atoms with Gasteiger partial charge in [-0.05, 0) is 36.4 Å². The van der Waals surface area contributed by atoms with Crippen LogP contribution in [0.25, 0.3) is 0 Å². The molecule has 2 aromatic carbocycles. The van der Waals surface area contributed by atoms with E-state index in [9.17, 15) is 28.9 Å². The van der Waals surface area contributed by atoms with Gasteiger partial charge in [0.15, 0.2) is 12.4 Å². The van der Waals surface area contributed by atoms with Gasteiger partial charge in [0.2, 0.25) is 0 Å². The number of nitrogens with one attached hydrogen (secondary N) is 1. The molecule has 2 rings (SSSR count). The third kappa shape index (κ3) is 5.99. The van der Waals surface area contributed by atoms with Crippen molar-refractivity contribution in [2.75, 3.05) is 13.2 Å². The van der Waals surface area contributed by atoms with Gasteiger partial charge in [-0.1, -0.05) is 0 Å². The van der Waals surface area contributed by atoms with Crippen LogP contribution in [0, 0.1) is 15.9 Å². The van der Waals surface area contributed by atoms with Gasteiger partial charge in [-0.15, -0.1) is 0 Å². The molecule has 0 saturated carbocycles. The first-order chi connectivity index (χ1) is 12.9. The number of nitrogens with zero attached hydrogens (tertiary/aromatic N) is 1. The van der Waals surface area contributed by atoms with Crippen LogP contribution < -0.4 is 5.32 Å². The molecule has 8 nitrogen and oxygen atoms in total. The van der Waals surface area contributed by atoms with Gasteiger partial charge in [0, 0.05) is 29.8 Å². The Morgan fingerprint density at radius 1 is 1.00 bits per heavy atom. The second-order valence-corrected chi connectivity index (χ2v) is 5.40. The summed E-state index contributed by atoms with van der Waals surface area (Å²) in [6.45, 7) is -0.514. The number of hydrogen-bond donors (Lipinski definition) is 1. The van der Waals surface area contributed by atoms with Crippen molar-refractivity contribution in [1.29, 1.82) is 0 Å². The predicted octanol–water partition coefficient (Wildman–Crippen LogP) is 2.28. The fraction of sp³-hybridized carbons (Fsp3) is 0.167. The van der Waals surface area contributed by atoms with Gasteiger partial charge in [0.25, 0.3) is 11.6 Å². The minimum Gasteiger partial charge on any atom is -0.457 e. The number of ether oxygens (including phenoxy) is 1. The average molecular weight is 374 g/mol. The molecule has 0 aliphatic carbocycles. The molecular weight excluding hydrogens is 359 g/mol. The molecule has 9 heteroatoms. The number of ketones is 1. The van der Waals surface area contributed by atoms with Crippen LogP contribution in [0.15, 0.2) is 48.5 Å². The molecule has 0 heterocycles. The highest BCUT2D eigenvalue weighted by Crippen LogP contribution is 2.11. The number of non-ortho nitro benzene ring substituents is 1. The zero-order valence-corrected chi connectivity index (χ0v) is 14.0. The van der Waals surface area contributed by atoms with Crippen molar-refractivity contribution >= 4 is 23.3 Å². The number of nitro groups is 1. The van der Waals surface area contributed by atoms with Gasteiger partial charge in [-0.2, -0.15) is 0 Å². The van der Waals surface area contributed by atoms with Gasteiger partial charge >= 0.3 is 5.97 Å². The third-order valence-electron chi connectivity index (χ3n) is 3.49. The van der Waals surface area contributed by atoms with E-state index in [1.54, 1.807) is 0 Å². The predicted molar refractivity (Wildman–Crippen MR) is 91.7 cm³/mol. The first kappa shape index (κ1) is 19.7. The van der Waals surface area contributed by atoms with Crippen molar-refractivity contribution in [2.45, 2.75) is 6.42 Å². The zero-order valence-electron chi connectivity index (χ0n) is 14.0. The Bertz CT molecular complexity index is 849. The number of Topliss-reactive ketones (excluding diaryl/α,β-unsaturated/α-hetero) is 1. The van der Waals surface area contributed by atoms with Gasteiger partial charge < -0.3 is 10.1 Å². The Morgan fingerprint density at radius 3 is 2.19 bits per heavy atom. The van der Waals surface area contributed by atoms with Gasteiger partial charge in [0.05, 0.1) is 11.3 Å². The summed E-state index contributed by atoms with van der Waals surface area (Å²) in [6, 6.07) is 9.83. The Kier molecular flexibility index (Phi) is 6.70. The molecule has 0 aliphatic rings. The Balaban J connectivity index is 1.72. The lowest BCUT2D eigenvalue weighted by Gasteiger charge is -2.06. The molecule has 0 fully saturated rings. The molecule has 0 aromatic heterocycles. The second kappa shape index (κ2) is 9.18. The van der Waals surface area contributed by atoms with Crippen LogP contribution in [0.1, 0.15) is 27.1 Å². The highest BCUT2D eigenvalue weighted by Gasteiger charge is 2.12. The van der Waals surface area contributed by atoms with E-state index in [2.05, 4.69) is 5.32 Å². The Hall–Kier alpha value is -3.62. The fourth-order valence-electron chi connectivity index (χ4n) is 2.05. The zero-order chi connectivity index (χ0) is 19.8. The summed E-state index contributed by atoms with van der Waals surface area (Å²) in [5.74, 6) is -2.14. The molecule has 0 atom stereocenters. The average Bonchev–Trinajstić information content (AvgIpc) is 2.66. The standard InChI is InChI=1S/C18H15FN2O6/c19-14-5-1-12(2-6-14)16(22)11-27-17(23)9-10-20-18(24)13-3-7-15(8-4-13)21(25)26/h1-8H,9-11H2,(H,20,24). The molecule has 27 heavy (non-hydrogen) atoms. The van der Waals surface area contributed by atoms with E-state index in [-0.39, 0.29) is 29.8 Å². The number of benzene rings is 2. The first-order valence-electron chi connectivity index (χ1n) is 7.84. The molecule has 0 radical (unpaired) electrons. The lowest BCUT2D eigenvalue weighted by molar-refractivity contribution is -0.384. The summed E-state index contributed by atoms with van der Waals surface area (Å²) >= 11 is 0. The summed E-state index contributed by atoms with van der Waals surface area (Å²) in [4.78, 5) is 45.2. The van der Waals surface area contributed by atoms with E-state index in [1.165, 1.54) is 36.4 Å². The molecule has 0 unspecified atom stereocenters. The lowest BCUT2D eigenvalue weighted by Crippen LogP contribution is -2.27. The number of halogens is 1. The quantitative estimate of drug-likeness (QED) is 0.328. The Morgan fingerprint density at radius 2 is 1.59 bits per heavy atom. The SMILES string of the molecule is O=C(CCNC(=O)c1ccc([N+](=O)[O-])cc1)OCC(=O)c1ccc(F)cc1. The van der Waals surface area contributed by atoms with Crippen molar-refractivity contribution in [1.82, 2.24) is 5.32 Å². The van der Waals surface area contributed by atoms with Crippen molar-refractivity contribution in [2.24, 2.45) is 0 Å². The maximum Gasteiger partial charge on any atom is 0.308 e. The van der Waals surface area contributed by atoms with Crippen molar-refractivity contribution < 1.29 is 28.4 Å². The van der Waals surface area contributed by atoms with Crippen molar-refractivity contribution in [3.63, 3.8) is 0 Å². The third-order valence-corrected chi connectivity index (χ3v) is 3.49. The number of rotatable bonds is 8. The van der Waals surface area contributed by atoms with E-state index in [0.29, 0.717) is 0 Å². The number of amides is 1.